The van der Waals surface area contributed by atoms with E-state index in [4.69, 9.17) is 5.84 Å². The molecular formula is C11H25N5. The lowest BCUT2D eigenvalue weighted by molar-refractivity contribution is 0.186. The summed E-state index contributed by atoms with van der Waals surface area (Å²) in [5.74, 6) is 6.37. The summed E-state index contributed by atoms with van der Waals surface area (Å²) in [6.07, 6.45) is 2.30. The lowest BCUT2D eigenvalue weighted by atomic mass is 10.3. The Balaban J connectivity index is 2.39. The highest BCUT2D eigenvalue weighted by atomic mass is 15.4. The Morgan fingerprint density at radius 3 is 2.44 bits per heavy atom. The molecule has 5 heteroatoms. The highest BCUT2D eigenvalue weighted by Gasteiger charge is 2.17. The summed E-state index contributed by atoms with van der Waals surface area (Å²) in [5, 5.41) is 0. The molecule has 0 aliphatic carbocycles. The Morgan fingerprint density at radius 2 is 1.94 bits per heavy atom. The third-order valence-corrected chi connectivity index (χ3v) is 3.02. The molecule has 1 fully saturated rings. The Kier molecular flexibility index (Phi) is 6.18. The van der Waals surface area contributed by atoms with Gasteiger partial charge in [0, 0.05) is 32.7 Å². The maximum absolute atomic E-state index is 5.52. The summed E-state index contributed by atoms with van der Waals surface area (Å²) >= 11 is 0. The van der Waals surface area contributed by atoms with Crippen molar-refractivity contribution in [1.29, 1.82) is 0 Å². The third kappa shape index (κ3) is 3.98. The van der Waals surface area contributed by atoms with Crippen LogP contribution in [-0.4, -0.2) is 55.0 Å². The summed E-state index contributed by atoms with van der Waals surface area (Å²) in [7, 11) is 0. The number of unbranched alkanes of at least 4 members (excludes halogenated alkanes) is 1. The van der Waals surface area contributed by atoms with Gasteiger partial charge >= 0.3 is 0 Å². The first-order valence-electron chi connectivity index (χ1n) is 6.30. The van der Waals surface area contributed by atoms with Crippen molar-refractivity contribution in [2.24, 2.45) is 10.8 Å². The van der Waals surface area contributed by atoms with E-state index in [0.717, 1.165) is 51.6 Å². The van der Waals surface area contributed by atoms with E-state index in [9.17, 15) is 0 Å². The predicted molar refractivity (Wildman–Crippen MR) is 68.2 cm³/mol. The van der Waals surface area contributed by atoms with E-state index in [1.54, 1.807) is 0 Å². The summed E-state index contributed by atoms with van der Waals surface area (Å²) < 4.78 is 0. The van der Waals surface area contributed by atoms with Gasteiger partial charge in [-0.2, -0.15) is 0 Å². The van der Waals surface area contributed by atoms with Gasteiger partial charge in [-0.25, -0.2) is 5.84 Å². The average Bonchev–Trinajstić information content (AvgIpc) is 2.35. The van der Waals surface area contributed by atoms with Gasteiger partial charge in [-0.3, -0.25) is 10.4 Å². The van der Waals surface area contributed by atoms with Crippen molar-refractivity contribution in [2.75, 3.05) is 39.3 Å². The standard InChI is InChI=1S/C11H25N5/c1-3-5-6-13-11(14-12)16-9-7-15(4-2)8-10-16/h3-10,12H2,1-2H3,(H,13,14). The summed E-state index contributed by atoms with van der Waals surface area (Å²) in [6, 6.07) is 0. The van der Waals surface area contributed by atoms with Crippen LogP contribution in [-0.2, 0) is 0 Å². The summed E-state index contributed by atoms with van der Waals surface area (Å²) in [6.45, 7) is 10.6. The van der Waals surface area contributed by atoms with Crippen LogP contribution >= 0.6 is 0 Å². The van der Waals surface area contributed by atoms with Gasteiger partial charge in [-0.15, -0.1) is 0 Å². The van der Waals surface area contributed by atoms with E-state index < -0.39 is 0 Å². The highest BCUT2D eigenvalue weighted by molar-refractivity contribution is 5.79. The van der Waals surface area contributed by atoms with Gasteiger partial charge in [0.05, 0.1) is 0 Å². The van der Waals surface area contributed by atoms with Crippen molar-refractivity contribution in [2.45, 2.75) is 26.7 Å². The quantitative estimate of drug-likeness (QED) is 0.237. The second-order valence-corrected chi connectivity index (χ2v) is 4.12. The minimum Gasteiger partial charge on any atom is -0.339 e. The second-order valence-electron chi connectivity index (χ2n) is 4.12. The van der Waals surface area contributed by atoms with Crippen molar-refractivity contribution >= 4 is 5.96 Å². The molecule has 0 aromatic heterocycles. The monoisotopic (exact) mass is 227 g/mol. The van der Waals surface area contributed by atoms with Gasteiger partial charge in [0.2, 0.25) is 5.96 Å². The number of likely N-dealkylation sites (N-methyl/N-ethyl adjacent to an activating group) is 1. The smallest absolute Gasteiger partial charge is 0.208 e. The number of guanidine groups is 1. The zero-order chi connectivity index (χ0) is 11.8. The fourth-order valence-electron chi connectivity index (χ4n) is 1.86. The highest BCUT2D eigenvalue weighted by Crippen LogP contribution is 2.01. The Morgan fingerprint density at radius 1 is 1.25 bits per heavy atom. The fourth-order valence-corrected chi connectivity index (χ4v) is 1.86. The molecule has 0 spiro atoms. The third-order valence-electron chi connectivity index (χ3n) is 3.02. The van der Waals surface area contributed by atoms with Gasteiger partial charge in [0.1, 0.15) is 0 Å². The van der Waals surface area contributed by atoms with Crippen LogP contribution in [0, 0.1) is 0 Å². The fraction of sp³-hybridized carbons (Fsp3) is 0.909. The molecule has 1 aliphatic rings. The predicted octanol–water partition coefficient (Wildman–Crippen LogP) is 0.243. The van der Waals surface area contributed by atoms with Crippen molar-refractivity contribution in [3.63, 3.8) is 0 Å². The minimum atomic E-state index is 0.851. The maximum Gasteiger partial charge on any atom is 0.208 e. The number of nitrogens with two attached hydrogens (primary N) is 1. The molecule has 16 heavy (non-hydrogen) atoms. The normalized spacial score (nSPS) is 18.9. The van der Waals surface area contributed by atoms with Crippen molar-refractivity contribution in [1.82, 2.24) is 15.2 Å². The average molecular weight is 227 g/mol. The van der Waals surface area contributed by atoms with E-state index in [1.165, 1.54) is 6.42 Å². The van der Waals surface area contributed by atoms with Crippen LogP contribution in [0.25, 0.3) is 0 Å². The number of hydrazine groups is 1. The SMILES string of the molecule is CCCCN=C(NN)N1CCN(CC)CC1. The van der Waals surface area contributed by atoms with Gasteiger partial charge in [-0.1, -0.05) is 20.3 Å². The number of hydrogen-bond donors (Lipinski definition) is 2. The molecule has 3 N–H and O–H groups in total. The second kappa shape index (κ2) is 7.46. The Bertz CT molecular complexity index is 208. The van der Waals surface area contributed by atoms with Gasteiger partial charge in [0.25, 0.3) is 0 Å². The first kappa shape index (κ1) is 13.3. The van der Waals surface area contributed by atoms with E-state index in [0.29, 0.717) is 0 Å². The molecule has 0 amide bonds. The van der Waals surface area contributed by atoms with Crippen LogP contribution in [0.15, 0.2) is 4.99 Å². The van der Waals surface area contributed by atoms with Gasteiger partial charge in [0.15, 0.2) is 0 Å². The number of nitrogens with zero attached hydrogens (tertiary/aromatic N) is 3. The van der Waals surface area contributed by atoms with Gasteiger partial charge < -0.3 is 9.80 Å². The largest absolute Gasteiger partial charge is 0.339 e. The molecular weight excluding hydrogens is 202 g/mol. The molecule has 5 nitrogen and oxygen atoms in total. The Hall–Kier alpha value is -0.810. The first-order chi connectivity index (χ1) is 7.81. The molecule has 0 radical (unpaired) electrons. The van der Waals surface area contributed by atoms with Crippen LogP contribution in [0.3, 0.4) is 0 Å². The molecule has 0 aromatic rings. The molecule has 94 valence electrons. The van der Waals surface area contributed by atoms with Crippen molar-refractivity contribution in [3.05, 3.63) is 0 Å². The van der Waals surface area contributed by atoms with E-state index >= 15 is 0 Å². The summed E-state index contributed by atoms with van der Waals surface area (Å²) in [5.41, 5.74) is 2.72. The number of hydrogen-bond acceptors (Lipinski definition) is 3. The molecule has 1 heterocycles. The van der Waals surface area contributed by atoms with Crippen molar-refractivity contribution < 1.29 is 0 Å². The lowest BCUT2D eigenvalue weighted by Gasteiger charge is -2.35. The van der Waals surface area contributed by atoms with E-state index in [1.807, 2.05) is 0 Å². The minimum absolute atomic E-state index is 0.851. The van der Waals surface area contributed by atoms with E-state index in [-0.39, 0.29) is 0 Å². The molecule has 1 rings (SSSR count). The van der Waals surface area contributed by atoms with E-state index in [2.05, 4.69) is 34.1 Å². The topological polar surface area (TPSA) is 56.9 Å². The molecule has 0 bridgehead atoms. The molecule has 0 aromatic carbocycles. The number of piperazine rings is 1. The van der Waals surface area contributed by atoms with Gasteiger partial charge in [-0.05, 0) is 13.0 Å². The molecule has 0 atom stereocenters. The first-order valence-corrected chi connectivity index (χ1v) is 6.30. The van der Waals surface area contributed by atoms with Crippen LogP contribution < -0.4 is 11.3 Å². The summed E-state index contributed by atoms with van der Waals surface area (Å²) in [4.78, 5) is 9.17. The Labute approximate surface area is 98.7 Å². The lowest BCUT2D eigenvalue weighted by Crippen LogP contribution is -2.53. The molecule has 0 saturated carbocycles. The zero-order valence-corrected chi connectivity index (χ0v) is 10.6. The molecule has 1 saturated heterocycles. The van der Waals surface area contributed by atoms with Crippen LogP contribution in [0.5, 0.6) is 0 Å². The number of aliphatic imine (C=N–C) groups is 1. The zero-order valence-electron chi connectivity index (χ0n) is 10.6. The van der Waals surface area contributed by atoms with Crippen molar-refractivity contribution in [3.8, 4) is 0 Å². The molecule has 0 unspecified atom stereocenters. The van der Waals surface area contributed by atoms with Crippen LogP contribution in [0.1, 0.15) is 26.7 Å². The maximum atomic E-state index is 5.52. The number of rotatable bonds is 4. The number of nitrogens with one attached hydrogen (secondary N) is 1. The van der Waals surface area contributed by atoms with Crippen LogP contribution in [0.4, 0.5) is 0 Å². The van der Waals surface area contributed by atoms with Crippen LogP contribution in [0.2, 0.25) is 0 Å². The molecule has 1 aliphatic heterocycles.